The predicted molar refractivity (Wildman–Crippen MR) is 139 cm³/mol. The maximum absolute atomic E-state index is 6.16. The van der Waals surface area contributed by atoms with Crippen molar-refractivity contribution in [3.05, 3.63) is 77.3 Å². The Labute approximate surface area is 200 Å². The molecule has 1 aliphatic heterocycles. The van der Waals surface area contributed by atoms with Crippen molar-refractivity contribution < 1.29 is 0 Å². The number of aliphatic imine (C=N–C) groups is 1. The first-order chi connectivity index (χ1) is 15.2. The summed E-state index contributed by atoms with van der Waals surface area (Å²) >= 11 is 13.8. The van der Waals surface area contributed by atoms with Crippen molar-refractivity contribution in [1.29, 1.82) is 0 Å². The van der Waals surface area contributed by atoms with E-state index in [9.17, 15) is 0 Å². The molecule has 31 heavy (non-hydrogen) atoms. The highest BCUT2D eigenvalue weighted by molar-refractivity contribution is 8.14. The number of nitrogens with zero attached hydrogens (tertiary/aromatic N) is 2. The highest BCUT2D eigenvalue weighted by Crippen LogP contribution is 2.39. The van der Waals surface area contributed by atoms with Crippen LogP contribution in [0.5, 0.6) is 0 Å². The smallest absolute Gasteiger partial charge is 0.179 e. The molecule has 4 rings (SSSR count). The molecule has 0 aromatic heterocycles. The highest BCUT2D eigenvalue weighted by Gasteiger charge is 2.33. The van der Waals surface area contributed by atoms with Crippen LogP contribution < -0.4 is 5.32 Å². The molecule has 0 amide bonds. The standard InChI is InChI=1S/C25H28ClN3S2/c26-20-13-10-16-22(17-20)27-24(30)29-18-23(19-11-6-5-7-12-19)31-25(29)28-21-14-8-3-1-2-4-9-15-21/h1,3,5-7,10-13,16-17,21,23H,2,4,8-9,14-15,18H2,(H,27,30)/b3-1-,28-25?. The van der Waals surface area contributed by atoms with E-state index in [-0.39, 0.29) is 0 Å². The van der Waals surface area contributed by atoms with Crippen LogP contribution >= 0.6 is 35.6 Å². The van der Waals surface area contributed by atoms with Crippen molar-refractivity contribution in [3.8, 4) is 0 Å². The number of hydrogen-bond acceptors (Lipinski definition) is 3. The summed E-state index contributed by atoms with van der Waals surface area (Å²) in [6.07, 6.45) is 11.6. The molecule has 162 valence electrons. The van der Waals surface area contributed by atoms with E-state index in [4.69, 9.17) is 28.8 Å². The number of anilines is 1. The molecular weight excluding hydrogens is 442 g/mol. The van der Waals surface area contributed by atoms with E-state index in [0.29, 0.717) is 21.4 Å². The second-order valence-electron chi connectivity index (χ2n) is 7.97. The van der Waals surface area contributed by atoms with E-state index >= 15 is 0 Å². The van der Waals surface area contributed by atoms with Crippen molar-refractivity contribution in [2.75, 3.05) is 11.9 Å². The van der Waals surface area contributed by atoms with Gasteiger partial charge in [-0.05, 0) is 68.1 Å². The molecular formula is C25H28ClN3S2. The summed E-state index contributed by atoms with van der Waals surface area (Å²) in [5.74, 6) is 0. The summed E-state index contributed by atoms with van der Waals surface area (Å²) in [5, 5.41) is 6.08. The lowest BCUT2D eigenvalue weighted by Gasteiger charge is -2.22. The van der Waals surface area contributed by atoms with Crippen LogP contribution in [0.2, 0.25) is 5.02 Å². The van der Waals surface area contributed by atoms with Crippen molar-refractivity contribution in [3.63, 3.8) is 0 Å². The van der Waals surface area contributed by atoms with Gasteiger partial charge >= 0.3 is 0 Å². The van der Waals surface area contributed by atoms with Gasteiger partial charge in [0.25, 0.3) is 0 Å². The molecule has 2 unspecified atom stereocenters. The highest BCUT2D eigenvalue weighted by atomic mass is 35.5. The van der Waals surface area contributed by atoms with Crippen LogP contribution in [0.25, 0.3) is 0 Å². The van der Waals surface area contributed by atoms with E-state index in [0.717, 1.165) is 36.7 Å². The zero-order valence-corrected chi connectivity index (χ0v) is 19.9. The number of thiocarbonyl (C=S) groups is 1. The normalized spacial score (nSPS) is 24.3. The Balaban J connectivity index is 1.56. The molecule has 0 saturated carbocycles. The molecule has 6 heteroatoms. The first-order valence-electron chi connectivity index (χ1n) is 11.0. The number of halogens is 1. The Hall–Kier alpha value is -1.82. The minimum Gasteiger partial charge on any atom is -0.332 e. The Morgan fingerprint density at radius 3 is 2.71 bits per heavy atom. The SMILES string of the molecule is S=C(Nc1cccc(Cl)c1)N1CC(c2ccccc2)SC1=NC1CC/C=C\CCCC1. The molecule has 1 saturated heterocycles. The van der Waals surface area contributed by atoms with Gasteiger partial charge in [0.2, 0.25) is 0 Å². The Bertz CT molecular complexity index is 945. The lowest BCUT2D eigenvalue weighted by molar-refractivity contribution is 0.538. The van der Waals surface area contributed by atoms with Crippen LogP contribution in [0.4, 0.5) is 5.69 Å². The van der Waals surface area contributed by atoms with Gasteiger partial charge in [-0.3, -0.25) is 9.89 Å². The third kappa shape index (κ3) is 6.34. The van der Waals surface area contributed by atoms with Gasteiger partial charge in [0.05, 0.1) is 11.3 Å². The Kier molecular flexibility index (Phi) is 8.06. The average Bonchev–Trinajstić information content (AvgIpc) is 3.24. The fourth-order valence-electron chi connectivity index (χ4n) is 3.94. The Morgan fingerprint density at radius 1 is 1.03 bits per heavy atom. The quantitative estimate of drug-likeness (QED) is 0.372. The summed E-state index contributed by atoms with van der Waals surface area (Å²) in [7, 11) is 0. The zero-order chi connectivity index (χ0) is 21.5. The molecule has 3 nitrogen and oxygen atoms in total. The fourth-order valence-corrected chi connectivity index (χ4v) is 5.74. The van der Waals surface area contributed by atoms with E-state index in [1.807, 2.05) is 36.0 Å². The first-order valence-corrected chi connectivity index (χ1v) is 12.6. The second kappa shape index (κ2) is 11.2. The summed E-state index contributed by atoms with van der Waals surface area (Å²) in [4.78, 5) is 7.40. The van der Waals surface area contributed by atoms with Gasteiger partial charge in [0.1, 0.15) is 0 Å². The fraction of sp³-hybridized carbons (Fsp3) is 0.360. The molecule has 2 atom stereocenters. The van der Waals surface area contributed by atoms with Gasteiger partial charge in [0, 0.05) is 17.3 Å². The average molecular weight is 470 g/mol. The molecule has 2 aromatic carbocycles. The molecule has 1 N–H and O–H groups in total. The van der Waals surface area contributed by atoms with E-state index in [1.165, 1.54) is 24.8 Å². The second-order valence-corrected chi connectivity index (χ2v) is 9.96. The maximum Gasteiger partial charge on any atom is 0.179 e. The third-order valence-electron chi connectivity index (χ3n) is 5.60. The molecule has 0 radical (unpaired) electrons. The molecule has 2 aromatic rings. The molecule has 1 aliphatic carbocycles. The van der Waals surface area contributed by atoms with Crippen molar-refractivity contribution >= 4 is 51.5 Å². The van der Waals surface area contributed by atoms with E-state index in [1.54, 1.807) is 0 Å². The van der Waals surface area contributed by atoms with Crippen LogP contribution in [-0.2, 0) is 0 Å². The number of thioether (sulfide) groups is 1. The van der Waals surface area contributed by atoms with Gasteiger partial charge < -0.3 is 5.32 Å². The van der Waals surface area contributed by atoms with E-state index in [2.05, 4.69) is 52.7 Å². The maximum atomic E-state index is 6.16. The lowest BCUT2D eigenvalue weighted by Crippen LogP contribution is -2.36. The molecule has 2 aliphatic rings. The molecule has 0 bridgehead atoms. The van der Waals surface area contributed by atoms with Gasteiger partial charge in [-0.15, -0.1) is 0 Å². The number of nitrogens with one attached hydrogen (secondary N) is 1. The summed E-state index contributed by atoms with van der Waals surface area (Å²) in [5.41, 5.74) is 2.21. The topological polar surface area (TPSA) is 27.6 Å². The monoisotopic (exact) mass is 469 g/mol. The van der Waals surface area contributed by atoms with Gasteiger partial charge in [0.15, 0.2) is 10.3 Å². The number of amidine groups is 1. The minimum atomic E-state index is 0.315. The van der Waals surface area contributed by atoms with Crippen LogP contribution in [0, 0.1) is 0 Å². The zero-order valence-electron chi connectivity index (χ0n) is 17.5. The van der Waals surface area contributed by atoms with Gasteiger partial charge in [-0.25, -0.2) is 0 Å². The van der Waals surface area contributed by atoms with Crippen molar-refractivity contribution in [2.24, 2.45) is 4.99 Å². The van der Waals surface area contributed by atoms with Gasteiger partial charge in [-0.2, -0.15) is 0 Å². The van der Waals surface area contributed by atoms with Crippen LogP contribution in [-0.4, -0.2) is 27.8 Å². The predicted octanol–water partition coefficient (Wildman–Crippen LogP) is 7.46. The molecule has 0 spiro atoms. The number of allylic oxidation sites excluding steroid dienone is 2. The van der Waals surface area contributed by atoms with Crippen LogP contribution in [0.15, 0.2) is 71.7 Å². The number of rotatable bonds is 3. The lowest BCUT2D eigenvalue weighted by atomic mass is 10.1. The molecule has 1 fully saturated rings. The minimum absolute atomic E-state index is 0.315. The summed E-state index contributed by atoms with van der Waals surface area (Å²) < 4.78 is 0. The van der Waals surface area contributed by atoms with Crippen LogP contribution in [0.3, 0.4) is 0 Å². The van der Waals surface area contributed by atoms with Gasteiger partial charge in [-0.1, -0.05) is 78.3 Å². The Morgan fingerprint density at radius 2 is 1.87 bits per heavy atom. The number of hydrogen-bond donors (Lipinski definition) is 1. The summed E-state index contributed by atoms with van der Waals surface area (Å²) in [6.45, 7) is 0.812. The van der Waals surface area contributed by atoms with Crippen LogP contribution in [0.1, 0.15) is 49.3 Å². The van der Waals surface area contributed by atoms with Crippen molar-refractivity contribution in [1.82, 2.24) is 4.90 Å². The van der Waals surface area contributed by atoms with E-state index < -0.39 is 0 Å². The number of benzene rings is 2. The molecule has 1 heterocycles. The third-order valence-corrected chi connectivity index (χ3v) is 7.40. The van der Waals surface area contributed by atoms with Crippen molar-refractivity contribution in [2.45, 2.75) is 49.8 Å². The largest absolute Gasteiger partial charge is 0.332 e. The first kappa shape index (κ1) is 22.4. The summed E-state index contributed by atoms with van der Waals surface area (Å²) in [6, 6.07) is 18.7.